The molecule has 112 valence electrons. The summed E-state index contributed by atoms with van der Waals surface area (Å²) in [7, 11) is 2.03. The maximum absolute atomic E-state index is 5.74. The van der Waals surface area contributed by atoms with Gasteiger partial charge in [-0.3, -0.25) is 4.68 Å². The Bertz CT molecular complexity index is 565. The van der Waals surface area contributed by atoms with Gasteiger partial charge in [-0.25, -0.2) is 0 Å². The van der Waals surface area contributed by atoms with Crippen molar-refractivity contribution in [3.63, 3.8) is 0 Å². The number of hydrogen-bond acceptors (Lipinski definition) is 3. The van der Waals surface area contributed by atoms with Crippen LogP contribution >= 0.6 is 0 Å². The first-order valence-corrected chi connectivity index (χ1v) is 7.78. The molecule has 1 unspecified atom stereocenters. The maximum Gasteiger partial charge on any atom is 0.119 e. The number of rotatable bonds is 6. The Morgan fingerprint density at radius 2 is 2.19 bits per heavy atom. The van der Waals surface area contributed by atoms with Gasteiger partial charge < -0.3 is 10.1 Å². The number of hydrogen-bond donors (Lipinski definition) is 1. The van der Waals surface area contributed by atoms with Gasteiger partial charge in [-0.2, -0.15) is 5.10 Å². The van der Waals surface area contributed by atoms with Crippen molar-refractivity contribution in [2.45, 2.75) is 38.3 Å². The Morgan fingerprint density at radius 3 is 3.00 bits per heavy atom. The summed E-state index contributed by atoms with van der Waals surface area (Å²) in [6.07, 6.45) is 6.62. The largest absolute Gasteiger partial charge is 0.494 e. The van der Waals surface area contributed by atoms with Gasteiger partial charge in [0.1, 0.15) is 5.75 Å². The van der Waals surface area contributed by atoms with E-state index in [2.05, 4.69) is 15.1 Å². The van der Waals surface area contributed by atoms with Crippen LogP contribution in [0.3, 0.4) is 0 Å². The summed E-state index contributed by atoms with van der Waals surface area (Å²) in [5.74, 6) is 0.940. The van der Waals surface area contributed by atoms with Gasteiger partial charge in [-0.1, -0.05) is 18.2 Å². The fourth-order valence-corrected chi connectivity index (χ4v) is 3.03. The molecular formula is C17H23N3O. The summed E-state index contributed by atoms with van der Waals surface area (Å²) >= 11 is 0. The molecule has 1 atom stereocenters. The molecule has 1 aromatic heterocycles. The summed E-state index contributed by atoms with van der Waals surface area (Å²) in [6, 6.07) is 10.5. The molecule has 3 rings (SSSR count). The van der Waals surface area contributed by atoms with Gasteiger partial charge in [-0.15, -0.1) is 0 Å². The number of benzene rings is 1. The van der Waals surface area contributed by atoms with E-state index >= 15 is 0 Å². The van der Waals surface area contributed by atoms with Crippen LogP contribution in [0.15, 0.2) is 36.5 Å². The molecule has 0 radical (unpaired) electrons. The minimum atomic E-state index is 0.475. The van der Waals surface area contributed by atoms with Gasteiger partial charge in [0.2, 0.25) is 0 Å². The lowest BCUT2D eigenvalue weighted by molar-refractivity contribution is 0.297. The quantitative estimate of drug-likeness (QED) is 0.829. The van der Waals surface area contributed by atoms with Crippen molar-refractivity contribution in [1.29, 1.82) is 0 Å². The van der Waals surface area contributed by atoms with E-state index in [1.165, 1.54) is 24.1 Å². The SMILES string of the molecule is CNC1CCCc2c1cnn2CCCOc1ccccc1. The molecule has 0 saturated heterocycles. The van der Waals surface area contributed by atoms with Crippen LogP contribution in [0.25, 0.3) is 0 Å². The second-order valence-corrected chi connectivity index (χ2v) is 5.52. The minimum Gasteiger partial charge on any atom is -0.494 e. The van der Waals surface area contributed by atoms with Crippen LogP contribution in [0.4, 0.5) is 0 Å². The molecule has 0 spiro atoms. The highest BCUT2D eigenvalue weighted by molar-refractivity contribution is 5.24. The van der Waals surface area contributed by atoms with Crippen molar-refractivity contribution in [3.8, 4) is 5.75 Å². The highest BCUT2D eigenvalue weighted by Crippen LogP contribution is 2.29. The third kappa shape index (κ3) is 3.27. The predicted octanol–water partition coefficient (Wildman–Crippen LogP) is 2.95. The molecule has 0 amide bonds. The van der Waals surface area contributed by atoms with Gasteiger partial charge >= 0.3 is 0 Å². The second kappa shape index (κ2) is 6.76. The molecule has 21 heavy (non-hydrogen) atoms. The van der Waals surface area contributed by atoms with Crippen molar-refractivity contribution in [2.75, 3.05) is 13.7 Å². The normalized spacial score (nSPS) is 17.5. The number of nitrogens with one attached hydrogen (secondary N) is 1. The maximum atomic E-state index is 5.74. The van der Waals surface area contributed by atoms with Crippen LogP contribution < -0.4 is 10.1 Å². The van der Waals surface area contributed by atoms with E-state index in [-0.39, 0.29) is 0 Å². The van der Waals surface area contributed by atoms with E-state index in [0.717, 1.165) is 31.7 Å². The number of aromatic nitrogens is 2. The lowest BCUT2D eigenvalue weighted by Crippen LogP contribution is -2.22. The third-order valence-electron chi connectivity index (χ3n) is 4.14. The highest BCUT2D eigenvalue weighted by atomic mass is 16.5. The average molecular weight is 285 g/mol. The van der Waals surface area contributed by atoms with Gasteiger partial charge in [0.05, 0.1) is 12.8 Å². The molecule has 4 nitrogen and oxygen atoms in total. The van der Waals surface area contributed by atoms with Gasteiger partial charge in [-0.05, 0) is 38.4 Å². The number of para-hydroxylation sites is 1. The molecule has 0 aliphatic heterocycles. The van der Waals surface area contributed by atoms with Crippen LogP contribution in [0.1, 0.15) is 36.6 Å². The van der Waals surface area contributed by atoms with Crippen molar-refractivity contribution in [1.82, 2.24) is 15.1 Å². The molecule has 1 heterocycles. The van der Waals surface area contributed by atoms with Crippen molar-refractivity contribution >= 4 is 0 Å². The van der Waals surface area contributed by atoms with Gasteiger partial charge in [0, 0.05) is 30.3 Å². The molecule has 0 fully saturated rings. The van der Waals surface area contributed by atoms with Crippen LogP contribution in [0, 0.1) is 0 Å². The summed E-state index contributed by atoms with van der Waals surface area (Å²) < 4.78 is 7.90. The number of nitrogens with zero attached hydrogens (tertiary/aromatic N) is 2. The van der Waals surface area contributed by atoms with Crippen LogP contribution in [-0.4, -0.2) is 23.4 Å². The third-order valence-corrected chi connectivity index (χ3v) is 4.14. The van der Waals surface area contributed by atoms with Crippen LogP contribution in [-0.2, 0) is 13.0 Å². The first kappa shape index (κ1) is 14.1. The molecule has 0 saturated carbocycles. The molecular weight excluding hydrogens is 262 g/mol. The van der Waals surface area contributed by atoms with E-state index in [9.17, 15) is 0 Å². The van der Waals surface area contributed by atoms with Crippen LogP contribution in [0.5, 0.6) is 5.75 Å². The zero-order valence-corrected chi connectivity index (χ0v) is 12.6. The van der Waals surface area contributed by atoms with E-state index in [0.29, 0.717) is 6.04 Å². The van der Waals surface area contributed by atoms with Gasteiger partial charge in [0.25, 0.3) is 0 Å². The summed E-state index contributed by atoms with van der Waals surface area (Å²) in [6.45, 7) is 1.66. The van der Waals surface area contributed by atoms with Crippen molar-refractivity contribution < 1.29 is 4.74 Å². The number of ether oxygens (including phenoxy) is 1. The molecule has 1 aliphatic rings. The van der Waals surface area contributed by atoms with E-state index < -0.39 is 0 Å². The monoisotopic (exact) mass is 285 g/mol. The predicted molar refractivity (Wildman–Crippen MR) is 83.5 cm³/mol. The smallest absolute Gasteiger partial charge is 0.119 e. The fraction of sp³-hybridized carbons (Fsp3) is 0.471. The summed E-state index contributed by atoms with van der Waals surface area (Å²) in [5.41, 5.74) is 2.79. The molecule has 2 aromatic rings. The van der Waals surface area contributed by atoms with Crippen LogP contribution in [0.2, 0.25) is 0 Å². The zero-order chi connectivity index (χ0) is 14.5. The minimum absolute atomic E-state index is 0.475. The Morgan fingerprint density at radius 1 is 1.33 bits per heavy atom. The Balaban J connectivity index is 1.53. The lowest BCUT2D eigenvalue weighted by atomic mass is 9.93. The molecule has 1 N–H and O–H groups in total. The standard InChI is InChI=1S/C17H23N3O/c1-18-16-9-5-10-17-15(16)13-19-20(17)11-6-12-21-14-7-3-2-4-8-14/h2-4,7-8,13,16,18H,5-6,9-12H2,1H3. The van der Waals surface area contributed by atoms with E-state index in [4.69, 9.17) is 4.74 Å². The van der Waals surface area contributed by atoms with Crippen molar-refractivity contribution in [3.05, 3.63) is 47.8 Å². The summed E-state index contributed by atoms with van der Waals surface area (Å²) in [5, 5.41) is 7.95. The van der Waals surface area contributed by atoms with Gasteiger partial charge in [0.15, 0.2) is 0 Å². The molecule has 1 aromatic carbocycles. The lowest BCUT2D eigenvalue weighted by Gasteiger charge is -2.22. The first-order chi connectivity index (χ1) is 10.4. The number of aryl methyl sites for hydroxylation is 1. The Hall–Kier alpha value is -1.81. The topological polar surface area (TPSA) is 39.1 Å². The molecule has 0 bridgehead atoms. The summed E-state index contributed by atoms with van der Waals surface area (Å²) in [4.78, 5) is 0. The van der Waals surface area contributed by atoms with E-state index in [1.807, 2.05) is 43.6 Å². The highest BCUT2D eigenvalue weighted by Gasteiger charge is 2.22. The molecule has 1 aliphatic carbocycles. The zero-order valence-electron chi connectivity index (χ0n) is 12.6. The average Bonchev–Trinajstić information content (AvgIpc) is 2.96. The number of fused-ring (bicyclic) bond motifs is 1. The Kier molecular flexibility index (Phi) is 4.55. The first-order valence-electron chi connectivity index (χ1n) is 7.78. The van der Waals surface area contributed by atoms with Crippen molar-refractivity contribution in [2.24, 2.45) is 0 Å². The van der Waals surface area contributed by atoms with E-state index in [1.54, 1.807) is 0 Å². The molecule has 4 heteroatoms. The Labute approximate surface area is 126 Å². The second-order valence-electron chi connectivity index (χ2n) is 5.52. The fourth-order valence-electron chi connectivity index (χ4n) is 3.03.